The van der Waals surface area contributed by atoms with Crippen LogP contribution in [0.2, 0.25) is 0 Å². The van der Waals surface area contributed by atoms with E-state index in [-0.39, 0.29) is 17.9 Å². The molecule has 0 aliphatic heterocycles. The van der Waals surface area contributed by atoms with Crippen LogP contribution in [0.4, 0.5) is 0 Å². The minimum atomic E-state index is -0.147. The fourth-order valence-electron chi connectivity index (χ4n) is 1.25. The zero-order valence-electron chi connectivity index (χ0n) is 7.69. The van der Waals surface area contributed by atoms with Crippen LogP contribution < -0.4 is 5.32 Å². The summed E-state index contributed by atoms with van der Waals surface area (Å²) < 4.78 is 0. The van der Waals surface area contributed by atoms with Gasteiger partial charge < -0.3 is 10.4 Å². The number of rotatable bonds is 4. The van der Waals surface area contributed by atoms with Gasteiger partial charge in [0.15, 0.2) is 0 Å². The Morgan fingerprint density at radius 2 is 2.50 bits per heavy atom. The number of amides is 1. The Labute approximate surface area is 86.0 Å². The first-order valence-corrected chi connectivity index (χ1v) is 5.47. The number of aliphatic hydroxyl groups is 1. The number of carbonyl (C=O) groups is 1. The van der Waals surface area contributed by atoms with Gasteiger partial charge in [-0.05, 0) is 12.8 Å². The standard InChI is InChI=1S/C9H12N2O2S/c12-5-9(1-2-9)4-10-8(13)7-3-14-6-11-7/h3,6,12H,1-2,4-5H2,(H,10,13). The summed E-state index contributed by atoms with van der Waals surface area (Å²) >= 11 is 1.40. The SMILES string of the molecule is O=C(NCC1(CO)CC1)c1cscn1. The Morgan fingerprint density at radius 1 is 1.71 bits per heavy atom. The third-order valence-corrected chi connectivity index (χ3v) is 3.17. The van der Waals surface area contributed by atoms with Crippen LogP contribution in [0, 0.1) is 5.41 Å². The second kappa shape index (κ2) is 3.67. The topological polar surface area (TPSA) is 62.2 Å². The number of thiazole rings is 1. The fraction of sp³-hybridized carbons (Fsp3) is 0.556. The Balaban J connectivity index is 1.84. The van der Waals surface area contributed by atoms with Crippen molar-refractivity contribution >= 4 is 17.2 Å². The molecule has 0 unspecified atom stereocenters. The average Bonchev–Trinajstić information content (AvgIpc) is 2.78. The molecule has 1 amide bonds. The van der Waals surface area contributed by atoms with Crippen LogP contribution in [0.15, 0.2) is 10.9 Å². The molecule has 76 valence electrons. The van der Waals surface area contributed by atoms with Gasteiger partial charge in [-0.15, -0.1) is 11.3 Å². The van der Waals surface area contributed by atoms with E-state index in [2.05, 4.69) is 10.3 Å². The molecule has 1 aliphatic carbocycles. The molecule has 0 atom stereocenters. The molecule has 0 aromatic carbocycles. The van der Waals surface area contributed by atoms with Crippen molar-refractivity contribution in [2.75, 3.05) is 13.2 Å². The lowest BCUT2D eigenvalue weighted by Gasteiger charge is -2.11. The van der Waals surface area contributed by atoms with Crippen LogP contribution in [0.3, 0.4) is 0 Å². The van der Waals surface area contributed by atoms with E-state index in [1.807, 2.05) is 0 Å². The molecule has 4 nitrogen and oxygen atoms in total. The van der Waals surface area contributed by atoms with Gasteiger partial charge in [-0.2, -0.15) is 0 Å². The predicted molar refractivity (Wildman–Crippen MR) is 53.2 cm³/mol. The first kappa shape index (κ1) is 9.61. The van der Waals surface area contributed by atoms with Crippen molar-refractivity contribution < 1.29 is 9.90 Å². The summed E-state index contributed by atoms with van der Waals surface area (Å²) in [4.78, 5) is 15.4. The number of aromatic nitrogens is 1. The number of nitrogens with zero attached hydrogens (tertiary/aromatic N) is 1. The molecule has 1 aromatic rings. The quantitative estimate of drug-likeness (QED) is 0.770. The minimum Gasteiger partial charge on any atom is -0.396 e. The van der Waals surface area contributed by atoms with Crippen molar-refractivity contribution in [1.82, 2.24) is 10.3 Å². The van der Waals surface area contributed by atoms with Crippen molar-refractivity contribution in [3.05, 3.63) is 16.6 Å². The maximum atomic E-state index is 11.4. The lowest BCUT2D eigenvalue weighted by Crippen LogP contribution is -2.31. The van der Waals surface area contributed by atoms with Crippen molar-refractivity contribution in [2.24, 2.45) is 5.41 Å². The Bertz CT molecular complexity index is 320. The van der Waals surface area contributed by atoms with Crippen LogP contribution in [0.1, 0.15) is 23.3 Å². The second-order valence-corrected chi connectivity index (χ2v) is 4.43. The van der Waals surface area contributed by atoms with E-state index in [1.165, 1.54) is 11.3 Å². The first-order chi connectivity index (χ1) is 6.76. The highest BCUT2D eigenvalue weighted by Crippen LogP contribution is 2.44. The van der Waals surface area contributed by atoms with Crippen LogP contribution in [0.5, 0.6) is 0 Å². The van der Waals surface area contributed by atoms with Gasteiger partial charge in [-0.25, -0.2) is 4.98 Å². The summed E-state index contributed by atoms with van der Waals surface area (Å²) in [5.74, 6) is -0.147. The van der Waals surface area contributed by atoms with Gasteiger partial charge in [0.2, 0.25) is 0 Å². The number of hydrogen-bond acceptors (Lipinski definition) is 4. The predicted octanol–water partition coefficient (Wildman–Crippen LogP) is 0.645. The largest absolute Gasteiger partial charge is 0.396 e. The molecule has 0 spiro atoms. The highest BCUT2D eigenvalue weighted by Gasteiger charge is 2.42. The molecule has 0 radical (unpaired) electrons. The highest BCUT2D eigenvalue weighted by molar-refractivity contribution is 7.07. The summed E-state index contributed by atoms with van der Waals surface area (Å²) in [6.45, 7) is 0.713. The number of carbonyl (C=O) groups excluding carboxylic acids is 1. The molecule has 14 heavy (non-hydrogen) atoms. The van der Waals surface area contributed by atoms with E-state index in [4.69, 9.17) is 5.11 Å². The third kappa shape index (κ3) is 1.93. The lowest BCUT2D eigenvalue weighted by atomic mass is 10.1. The normalized spacial score (nSPS) is 17.8. The van der Waals surface area contributed by atoms with Crippen LogP contribution in [-0.4, -0.2) is 29.1 Å². The van der Waals surface area contributed by atoms with Gasteiger partial charge in [0.05, 0.1) is 12.1 Å². The molecule has 1 heterocycles. The molecule has 1 aromatic heterocycles. The third-order valence-electron chi connectivity index (χ3n) is 2.58. The van der Waals surface area contributed by atoms with E-state index in [1.54, 1.807) is 10.9 Å². The monoisotopic (exact) mass is 212 g/mol. The molecule has 0 saturated heterocycles. The molecule has 0 bridgehead atoms. The van der Waals surface area contributed by atoms with Crippen molar-refractivity contribution in [1.29, 1.82) is 0 Å². The summed E-state index contributed by atoms with van der Waals surface area (Å²) in [6, 6.07) is 0. The summed E-state index contributed by atoms with van der Waals surface area (Å²) in [5, 5.41) is 13.5. The van der Waals surface area contributed by atoms with Crippen molar-refractivity contribution in [3.63, 3.8) is 0 Å². The molecule has 1 saturated carbocycles. The molecule has 2 N–H and O–H groups in total. The van der Waals surface area contributed by atoms with Crippen molar-refractivity contribution in [3.8, 4) is 0 Å². The summed E-state index contributed by atoms with van der Waals surface area (Å²) in [7, 11) is 0. The molecular weight excluding hydrogens is 200 g/mol. The van der Waals surface area contributed by atoms with Gasteiger partial charge in [-0.3, -0.25) is 4.79 Å². The zero-order valence-corrected chi connectivity index (χ0v) is 8.51. The molecule has 1 fully saturated rings. The summed E-state index contributed by atoms with van der Waals surface area (Å²) in [5.41, 5.74) is 2.06. The number of aliphatic hydroxyl groups excluding tert-OH is 1. The van der Waals surface area contributed by atoms with Gasteiger partial charge >= 0.3 is 0 Å². The first-order valence-electron chi connectivity index (χ1n) is 4.53. The van der Waals surface area contributed by atoms with Crippen LogP contribution in [-0.2, 0) is 0 Å². The number of nitrogens with one attached hydrogen (secondary N) is 1. The second-order valence-electron chi connectivity index (χ2n) is 3.71. The van der Waals surface area contributed by atoms with Gasteiger partial charge in [0.25, 0.3) is 5.91 Å². The average molecular weight is 212 g/mol. The molecular formula is C9H12N2O2S. The van der Waals surface area contributed by atoms with E-state index < -0.39 is 0 Å². The fourth-order valence-corrected chi connectivity index (χ4v) is 1.78. The Hall–Kier alpha value is -0.940. The lowest BCUT2D eigenvalue weighted by molar-refractivity contribution is 0.0931. The zero-order chi connectivity index (χ0) is 10.0. The molecule has 1 aliphatic rings. The Kier molecular flexibility index (Phi) is 2.52. The molecule has 2 rings (SSSR count). The van der Waals surface area contributed by atoms with E-state index in [0.717, 1.165) is 12.8 Å². The van der Waals surface area contributed by atoms with E-state index in [9.17, 15) is 4.79 Å². The van der Waals surface area contributed by atoms with Crippen LogP contribution in [0.25, 0.3) is 0 Å². The van der Waals surface area contributed by atoms with Crippen LogP contribution >= 0.6 is 11.3 Å². The Morgan fingerprint density at radius 3 is 3.00 bits per heavy atom. The maximum Gasteiger partial charge on any atom is 0.270 e. The van der Waals surface area contributed by atoms with Gasteiger partial charge in [0, 0.05) is 17.3 Å². The van der Waals surface area contributed by atoms with E-state index >= 15 is 0 Å². The van der Waals surface area contributed by atoms with E-state index in [0.29, 0.717) is 12.2 Å². The minimum absolute atomic E-state index is 0.0360. The van der Waals surface area contributed by atoms with Gasteiger partial charge in [-0.1, -0.05) is 0 Å². The van der Waals surface area contributed by atoms with Gasteiger partial charge in [0.1, 0.15) is 5.69 Å². The maximum absolute atomic E-state index is 11.4. The smallest absolute Gasteiger partial charge is 0.270 e. The number of hydrogen-bond donors (Lipinski definition) is 2. The van der Waals surface area contributed by atoms with Crippen molar-refractivity contribution in [2.45, 2.75) is 12.8 Å². The molecule has 5 heteroatoms. The summed E-state index contributed by atoms with van der Waals surface area (Å²) in [6.07, 6.45) is 2.00. The highest BCUT2D eigenvalue weighted by atomic mass is 32.1.